The number of aryl methyl sites for hydroxylation is 2. The Morgan fingerprint density at radius 3 is 2.96 bits per heavy atom. The highest BCUT2D eigenvalue weighted by Crippen LogP contribution is 2.44. The smallest absolute Gasteiger partial charge is 0.255 e. The third kappa shape index (κ3) is 2.59. The lowest BCUT2D eigenvalue weighted by Crippen LogP contribution is -2.48. The van der Waals surface area contributed by atoms with Crippen molar-refractivity contribution < 1.29 is 4.79 Å². The molecule has 1 fully saturated rings. The number of carbonyl (C=O) groups excluding carboxylic acids is 1. The minimum Gasteiger partial charge on any atom is -0.368 e. The van der Waals surface area contributed by atoms with Crippen LogP contribution in [-0.4, -0.2) is 38.4 Å². The Hall–Kier alpha value is -2.70. The maximum absolute atomic E-state index is 12.9. The molecular formula is C18H21N5O2. The molecule has 0 bridgehead atoms. The van der Waals surface area contributed by atoms with Crippen LogP contribution in [0.2, 0.25) is 0 Å². The monoisotopic (exact) mass is 339 g/mol. The number of rotatable bonds is 1. The number of nitrogen functional groups attached to an aromatic ring is 1. The van der Waals surface area contributed by atoms with Gasteiger partial charge in [-0.15, -0.1) is 0 Å². The number of aromatic nitrogens is 3. The number of nitrogens with zero attached hydrogens (tertiary/aromatic N) is 4. The largest absolute Gasteiger partial charge is 0.368 e. The van der Waals surface area contributed by atoms with Gasteiger partial charge < -0.3 is 15.2 Å². The van der Waals surface area contributed by atoms with Crippen molar-refractivity contribution in [3.05, 3.63) is 51.7 Å². The quantitative estimate of drug-likeness (QED) is 0.832. The molecule has 1 aliphatic heterocycles. The Morgan fingerprint density at radius 1 is 1.32 bits per heavy atom. The van der Waals surface area contributed by atoms with Crippen LogP contribution in [0.5, 0.6) is 0 Å². The molecule has 0 saturated carbocycles. The molecule has 1 atom stereocenters. The van der Waals surface area contributed by atoms with Crippen molar-refractivity contribution >= 4 is 11.9 Å². The Bertz CT molecular complexity index is 903. The molecule has 130 valence electrons. The van der Waals surface area contributed by atoms with E-state index in [-0.39, 0.29) is 16.9 Å². The molecule has 4 rings (SSSR count). The lowest BCUT2D eigenvalue weighted by atomic mass is 9.77. The number of fused-ring (bicyclic) bond motifs is 2. The summed E-state index contributed by atoms with van der Waals surface area (Å²) in [6.07, 6.45) is 7.26. The molecule has 1 saturated heterocycles. The highest BCUT2D eigenvalue weighted by Gasteiger charge is 2.44. The van der Waals surface area contributed by atoms with Crippen LogP contribution in [0.1, 0.15) is 40.9 Å². The summed E-state index contributed by atoms with van der Waals surface area (Å²) in [5, 5.41) is 0. The molecule has 1 aliphatic carbocycles. The molecule has 0 aromatic carbocycles. The van der Waals surface area contributed by atoms with Crippen LogP contribution in [0, 0.1) is 0 Å². The Balaban J connectivity index is 1.64. The van der Waals surface area contributed by atoms with Gasteiger partial charge >= 0.3 is 0 Å². The third-order valence-electron chi connectivity index (χ3n) is 5.46. The molecule has 1 spiro atoms. The number of hydrogen-bond acceptors (Lipinski definition) is 5. The molecule has 2 aromatic rings. The predicted molar refractivity (Wildman–Crippen MR) is 93.3 cm³/mol. The summed E-state index contributed by atoms with van der Waals surface area (Å²) in [6.45, 7) is 1.36. The van der Waals surface area contributed by atoms with E-state index in [0.29, 0.717) is 18.1 Å². The van der Waals surface area contributed by atoms with Crippen LogP contribution in [0.3, 0.4) is 0 Å². The van der Waals surface area contributed by atoms with Crippen LogP contribution in [-0.2, 0) is 18.9 Å². The van der Waals surface area contributed by atoms with Crippen LogP contribution in [0.15, 0.2) is 29.3 Å². The number of hydrogen-bond donors (Lipinski definition) is 1. The Morgan fingerprint density at radius 2 is 2.16 bits per heavy atom. The van der Waals surface area contributed by atoms with Gasteiger partial charge in [0.15, 0.2) is 0 Å². The van der Waals surface area contributed by atoms with E-state index in [4.69, 9.17) is 5.73 Å². The summed E-state index contributed by atoms with van der Waals surface area (Å²) in [5.41, 5.74) is 8.25. The van der Waals surface area contributed by atoms with E-state index in [9.17, 15) is 9.59 Å². The van der Waals surface area contributed by atoms with Gasteiger partial charge in [0, 0.05) is 44.0 Å². The lowest BCUT2D eigenvalue weighted by molar-refractivity contribution is 0.0632. The number of amides is 1. The fourth-order valence-electron chi connectivity index (χ4n) is 4.16. The van der Waals surface area contributed by atoms with Crippen molar-refractivity contribution in [1.29, 1.82) is 0 Å². The molecule has 0 radical (unpaired) electrons. The highest BCUT2D eigenvalue weighted by atomic mass is 16.2. The first kappa shape index (κ1) is 15.8. The fourth-order valence-corrected chi connectivity index (χ4v) is 4.16. The Kier molecular flexibility index (Phi) is 3.59. The summed E-state index contributed by atoms with van der Waals surface area (Å²) in [6, 6.07) is 3.04. The van der Waals surface area contributed by atoms with E-state index in [1.54, 1.807) is 19.3 Å². The zero-order chi connectivity index (χ0) is 17.6. The van der Waals surface area contributed by atoms with E-state index in [0.717, 1.165) is 43.5 Å². The van der Waals surface area contributed by atoms with Crippen LogP contribution < -0.4 is 11.3 Å². The standard InChI is InChI=1S/C18H21N5O2/c1-22-10-13(3-4-14(22)24)16(25)23-8-2-6-18(11-23)7-5-12-9-20-17(19)21-15(12)18/h3-4,9-10H,2,5-8,11H2,1H3,(H2,19,20,21). The van der Waals surface area contributed by atoms with Gasteiger partial charge in [-0.25, -0.2) is 9.97 Å². The zero-order valence-electron chi connectivity index (χ0n) is 14.2. The second-order valence-electron chi connectivity index (χ2n) is 7.08. The molecule has 25 heavy (non-hydrogen) atoms. The molecule has 3 heterocycles. The van der Waals surface area contributed by atoms with E-state index < -0.39 is 0 Å². The van der Waals surface area contributed by atoms with Crippen molar-refractivity contribution in [2.45, 2.75) is 31.1 Å². The molecule has 2 aromatic heterocycles. The molecule has 7 heteroatoms. The SMILES string of the molecule is Cn1cc(C(=O)N2CCCC3(CCc4cnc(N)nc43)C2)ccc1=O. The number of nitrogens with two attached hydrogens (primary N) is 1. The summed E-state index contributed by atoms with van der Waals surface area (Å²) in [7, 11) is 1.66. The van der Waals surface area contributed by atoms with Gasteiger partial charge in [-0.2, -0.15) is 0 Å². The first-order valence-corrected chi connectivity index (χ1v) is 8.56. The third-order valence-corrected chi connectivity index (χ3v) is 5.46. The topological polar surface area (TPSA) is 94.1 Å². The van der Waals surface area contributed by atoms with Gasteiger partial charge in [0.25, 0.3) is 5.91 Å². The van der Waals surface area contributed by atoms with Gasteiger partial charge in [0.1, 0.15) is 0 Å². The number of likely N-dealkylation sites (tertiary alicyclic amines) is 1. The van der Waals surface area contributed by atoms with Gasteiger partial charge in [-0.1, -0.05) is 0 Å². The fraction of sp³-hybridized carbons (Fsp3) is 0.444. The predicted octanol–water partition coefficient (Wildman–Crippen LogP) is 0.878. The molecule has 2 aliphatic rings. The zero-order valence-corrected chi connectivity index (χ0v) is 14.2. The van der Waals surface area contributed by atoms with Crippen molar-refractivity contribution in [2.24, 2.45) is 7.05 Å². The van der Waals surface area contributed by atoms with Crippen LogP contribution in [0.4, 0.5) is 5.95 Å². The first-order chi connectivity index (χ1) is 12.0. The minimum atomic E-state index is -0.124. The first-order valence-electron chi connectivity index (χ1n) is 8.56. The summed E-state index contributed by atoms with van der Waals surface area (Å²) >= 11 is 0. The van der Waals surface area contributed by atoms with E-state index >= 15 is 0 Å². The molecule has 1 amide bonds. The van der Waals surface area contributed by atoms with Crippen molar-refractivity contribution in [3.8, 4) is 0 Å². The normalized spacial score (nSPS) is 22.2. The van der Waals surface area contributed by atoms with E-state index in [2.05, 4.69) is 9.97 Å². The second-order valence-corrected chi connectivity index (χ2v) is 7.08. The van der Waals surface area contributed by atoms with E-state index in [1.165, 1.54) is 10.6 Å². The average molecular weight is 339 g/mol. The van der Waals surface area contributed by atoms with Crippen molar-refractivity contribution in [3.63, 3.8) is 0 Å². The van der Waals surface area contributed by atoms with Gasteiger partial charge in [0.05, 0.1) is 11.3 Å². The molecule has 7 nitrogen and oxygen atoms in total. The highest BCUT2D eigenvalue weighted by molar-refractivity contribution is 5.94. The summed E-state index contributed by atoms with van der Waals surface area (Å²) in [5.74, 6) is 0.256. The van der Waals surface area contributed by atoms with E-state index in [1.807, 2.05) is 11.1 Å². The number of piperidine rings is 1. The van der Waals surface area contributed by atoms with Crippen molar-refractivity contribution in [2.75, 3.05) is 18.8 Å². The minimum absolute atomic E-state index is 0.0369. The van der Waals surface area contributed by atoms with Crippen LogP contribution in [0.25, 0.3) is 0 Å². The maximum atomic E-state index is 12.9. The Labute approximate surface area is 145 Å². The molecular weight excluding hydrogens is 318 g/mol. The summed E-state index contributed by atoms with van der Waals surface area (Å²) < 4.78 is 1.44. The van der Waals surface area contributed by atoms with Gasteiger partial charge in [-0.05, 0) is 37.3 Å². The molecule has 1 unspecified atom stereocenters. The molecule has 2 N–H and O–H groups in total. The van der Waals surface area contributed by atoms with Gasteiger partial charge in [0.2, 0.25) is 11.5 Å². The van der Waals surface area contributed by atoms with Gasteiger partial charge in [-0.3, -0.25) is 9.59 Å². The second kappa shape index (κ2) is 5.68. The maximum Gasteiger partial charge on any atom is 0.255 e. The van der Waals surface area contributed by atoms with Crippen molar-refractivity contribution in [1.82, 2.24) is 19.4 Å². The number of pyridine rings is 1. The summed E-state index contributed by atoms with van der Waals surface area (Å²) in [4.78, 5) is 35.0. The number of carbonyl (C=O) groups is 1. The average Bonchev–Trinajstić information content (AvgIpc) is 2.94. The number of anilines is 1. The van der Waals surface area contributed by atoms with Crippen LogP contribution >= 0.6 is 0 Å². The lowest BCUT2D eigenvalue weighted by Gasteiger charge is -2.40.